The van der Waals surface area contributed by atoms with Gasteiger partial charge in [-0.25, -0.2) is 4.79 Å². The van der Waals surface area contributed by atoms with E-state index in [2.05, 4.69) is 17.1 Å². The fourth-order valence-corrected chi connectivity index (χ4v) is 2.48. The first-order valence-electron chi connectivity index (χ1n) is 7.26. The summed E-state index contributed by atoms with van der Waals surface area (Å²) < 4.78 is 5.41. The Morgan fingerprint density at radius 1 is 1.30 bits per heavy atom. The molecule has 1 saturated heterocycles. The molecule has 0 aromatic carbocycles. The number of pyridine rings is 1. The van der Waals surface area contributed by atoms with Crippen molar-refractivity contribution in [3.8, 4) is 0 Å². The van der Waals surface area contributed by atoms with E-state index < -0.39 is 5.60 Å². The molecule has 1 fully saturated rings. The van der Waals surface area contributed by atoms with Gasteiger partial charge >= 0.3 is 6.09 Å². The number of piperidine rings is 1. The van der Waals surface area contributed by atoms with E-state index in [9.17, 15) is 4.79 Å². The molecule has 0 radical (unpaired) electrons. The highest BCUT2D eigenvalue weighted by Gasteiger charge is 2.27. The van der Waals surface area contributed by atoms with Gasteiger partial charge in [0.25, 0.3) is 0 Å². The molecular weight excluding hydrogens is 252 g/mol. The van der Waals surface area contributed by atoms with Gasteiger partial charge in [0.15, 0.2) is 0 Å². The van der Waals surface area contributed by atoms with Gasteiger partial charge in [-0.15, -0.1) is 0 Å². The van der Waals surface area contributed by atoms with Crippen LogP contribution in [-0.2, 0) is 4.74 Å². The summed E-state index contributed by atoms with van der Waals surface area (Å²) in [5.41, 5.74) is 1.78. The van der Waals surface area contributed by atoms with Crippen molar-refractivity contribution in [2.45, 2.75) is 52.1 Å². The number of aryl methyl sites for hydroxylation is 1. The Hall–Kier alpha value is -1.58. The lowest BCUT2D eigenvalue weighted by atomic mass is 9.93. The Balaban J connectivity index is 1.91. The molecular formula is C16H24N2O2. The summed E-state index contributed by atoms with van der Waals surface area (Å²) in [6.45, 7) is 9.20. The second-order valence-corrected chi connectivity index (χ2v) is 6.45. The van der Waals surface area contributed by atoms with Crippen molar-refractivity contribution in [3.05, 3.63) is 29.6 Å². The maximum absolute atomic E-state index is 12.0. The Kier molecular flexibility index (Phi) is 4.31. The topological polar surface area (TPSA) is 42.4 Å². The number of carbonyl (C=O) groups is 1. The molecule has 1 aromatic heterocycles. The van der Waals surface area contributed by atoms with Crippen LogP contribution in [0.3, 0.4) is 0 Å². The maximum Gasteiger partial charge on any atom is 0.410 e. The third-order valence-corrected chi connectivity index (χ3v) is 3.47. The van der Waals surface area contributed by atoms with Crippen LogP contribution >= 0.6 is 0 Å². The third-order valence-electron chi connectivity index (χ3n) is 3.47. The van der Waals surface area contributed by atoms with Crippen LogP contribution in [0.1, 0.15) is 50.9 Å². The van der Waals surface area contributed by atoms with Gasteiger partial charge in [-0.05, 0) is 52.7 Å². The Bertz CT molecular complexity index is 472. The van der Waals surface area contributed by atoms with Crippen molar-refractivity contribution >= 4 is 6.09 Å². The molecule has 1 aliphatic heterocycles. The predicted octanol–water partition coefficient (Wildman–Crippen LogP) is 3.50. The largest absolute Gasteiger partial charge is 0.444 e. The minimum Gasteiger partial charge on any atom is -0.444 e. The van der Waals surface area contributed by atoms with Crippen molar-refractivity contribution in [2.24, 2.45) is 0 Å². The molecule has 0 aliphatic carbocycles. The summed E-state index contributed by atoms with van der Waals surface area (Å²) in [4.78, 5) is 18.4. The lowest BCUT2D eigenvalue weighted by Crippen LogP contribution is -2.41. The molecule has 4 nitrogen and oxygen atoms in total. The number of likely N-dealkylation sites (tertiary alicyclic amines) is 1. The van der Waals surface area contributed by atoms with E-state index >= 15 is 0 Å². The lowest BCUT2D eigenvalue weighted by Gasteiger charge is -2.33. The van der Waals surface area contributed by atoms with E-state index in [1.54, 1.807) is 4.90 Å². The van der Waals surface area contributed by atoms with Gasteiger partial charge in [0, 0.05) is 30.4 Å². The normalized spacial score (nSPS) is 17.1. The smallest absolute Gasteiger partial charge is 0.410 e. The highest BCUT2D eigenvalue weighted by atomic mass is 16.6. The number of hydrogen-bond donors (Lipinski definition) is 0. The summed E-state index contributed by atoms with van der Waals surface area (Å²) in [7, 11) is 0. The Labute approximate surface area is 121 Å². The van der Waals surface area contributed by atoms with Gasteiger partial charge in [-0.1, -0.05) is 6.07 Å². The van der Waals surface area contributed by atoms with Crippen LogP contribution in [0.25, 0.3) is 0 Å². The molecule has 20 heavy (non-hydrogen) atoms. The molecule has 1 aromatic rings. The minimum atomic E-state index is -0.425. The molecule has 1 amide bonds. The van der Waals surface area contributed by atoms with Crippen LogP contribution < -0.4 is 0 Å². The second kappa shape index (κ2) is 5.81. The highest BCUT2D eigenvalue weighted by Crippen LogP contribution is 2.27. The second-order valence-electron chi connectivity index (χ2n) is 6.45. The maximum atomic E-state index is 12.0. The summed E-state index contributed by atoms with van der Waals surface area (Å²) >= 11 is 0. The Morgan fingerprint density at radius 3 is 2.50 bits per heavy atom. The lowest BCUT2D eigenvalue weighted by molar-refractivity contribution is 0.0204. The van der Waals surface area contributed by atoms with Gasteiger partial charge in [0.1, 0.15) is 5.60 Å². The number of rotatable bonds is 1. The fraction of sp³-hybridized carbons (Fsp3) is 0.625. The molecule has 0 atom stereocenters. The Morgan fingerprint density at radius 2 is 1.95 bits per heavy atom. The van der Waals surface area contributed by atoms with Gasteiger partial charge in [-0.3, -0.25) is 4.98 Å². The van der Waals surface area contributed by atoms with E-state index in [4.69, 9.17) is 4.74 Å². The molecule has 110 valence electrons. The summed E-state index contributed by atoms with van der Waals surface area (Å²) in [6, 6.07) is 6.15. The van der Waals surface area contributed by atoms with Crippen molar-refractivity contribution in [1.29, 1.82) is 0 Å². The SMILES string of the molecule is Cc1cccc(C2CCN(C(=O)OC(C)(C)C)CC2)n1. The van der Waals surface area contributed by atoms with Crippen molar-refractivity contribution in [1.82, 2.24) is 9.88 Å². The fourth-order valence-electron chi connectivity index (χ4n) is 2.48. The van der Waals surface area contributed by atoms with Crippen molar-refractivity contribution in [2.75, 3.05) is 13.1 Å². The van der Waals surface area contributed by atoms with E-state index in [-0.39, 0.29) is 6.09 Å². The monoisotopic (exact) mass is 276 g/mol. The number of ether oxygens (including phenoxy) is 1. The predicted molar refractivity (Wildman–Crippen MR) is 78.8 cm³/mol. The summed E-state index contributed by atoms with van der Waals surface area (Å²) in [6.07, 6.45) is 1.71. The van der Waals surface area contributed by atoms with E-state index in [1.165, 1.54) is 0 Å². The first-order valence-corrected chi connectivity index (χ1v) is 7.26. The van der Waals surface area contributed by atoms with Crippen LogP contribution in [-0.4, -0.2) is 34.7 Å². The zero-order valence-corrected chi connectivity index (χ0v) is 12.8. The quantitative estimate of drug-likeness (QED) is 0.788. The average molecular weight is 276 g/mol. The standard InChI is InChI=1S/C16H24N2O2/c1-12-6-5-7-14(17-12)13-8-10-18(11-9-13)15(19)20-16(2,3)4/h5-7,13H,8-11H2,1-4H3. The number of nitrogens with zero attached hydrogens (tertiary/aromatic N) is 2. The van der Waals surface area contributed by atoms with E-state index in [1.807, 2.05) is 33.8 Å². The van der Waals surface area contributed by atoms with Crippen LogP contribution in [0.5, 0.6) is 0 Å². The number of amides is 1. The average Bonchev–Trinajstić information content (AvgIpc) is 2.37. The molecule has 2 rings (SSSR count). The molecule has 0 unspecified atom stereocenters. The zero-order valence-electron chi connectivity index (χ0n) is 12.8. The van der Waals surface area contributed by atoms with Crippen molar-refractivity contribution < 1.29 is 9.53 Å². The van der Waals surface area contributed by atoms with Gasteiger partial charge in [0.2, 0.25) is 0 Å². The molecule has 0 N–H and O–H groups in total. The first kappa shape index (κ1) is 14.8. The summed E-state index contributed by atoms with van der Waals surface area (Å²) in [5.74, 6) is 0.452. The molecule has 1 aliphatic rings. The van der Waals surface area contributed by atoms with E-state index in [0.29, 0.717) is 5.92 Å². The molecule has 0 spiro atoms. The minimum absolute atomic E-state index is 0.201. The first-order chi connectivity index (χ1) is 9.35. The summed E-state index contributed by atoms with van der Waals surface area (Å²) in [5, 5.41) is 0. The van der Waals surface area contributed by atoms with Crippen LogP contribution in [0.15, 0.2) is 18.2 Å². The van der Waals surface area contributed by atoms with Gasteiger partial charge in [0.05, 0.1) is 0 Å². The number of aromatic nitrogens is 1. The molecule has 0 bridgehead atoms. The number of carbonyl (C=O) groups excluding carboxylic acids is 1. The van der Waals surface area contributed by atoms with Gasteiger partial charge in [-0.2, -0.15) is 0 Å². The van der Waals surface area contributed by atoms with Gasteiger partial charge < -0.3 is 9.64 Å². The molecule has 2 heterocycles. The van der Waals surface area contributed by atoms with Crippen molar-refractivity contribution in [3.63, 3.8) is 0 Å². The zero-order chi connectivity index (χ0) is 14.8. The molecule has 0 saturated carbocycles. The van der Waals surface area contributed by atoms with Crippen LogP contribution in [0.4, 0.5) is 4.79 Å². The van der Waals surface area contributed by atoms with Crippen LogP contribution in [0, 0.1) is 6.92 Å². The van der Waals surface area contributed by atoms with E-state index in [0.717, 1.165) is 37.3 Å². The third kappa shape index (κ3) is 3.95. The number of hydrogen-bond acceptors (Lipinski definition) is 3. The molecule has 4 heteroatoms. The van der Waals surface area contributed by atoms with Crippen LogP contribution in [0.2, 0.25) is 0 Å². The highest BCUT2D eigenvalue weighted by molar-refractivity contribution is 5.68.